The number of nitrogens with one attached hydrogen (secondary N) is 1. The van der Waals surface area contributed by atoms with Crippen LogP contribution in [0.3, 0.4) is 0 Å². The SMILES string of the molecule is CCOc1ccccc1NC(=O)N(CC(=O)N(Cc1cccn1C)CC(C)C)C1CC1. The fourth-order valence-electron chi connectivity index (χ4n) is 3.59. The summed E-state index contributed by atoms with van der Waals surface area (Å²) < 4.78 is 7.64. The molecule has 0 radical (unpaired) electrons. The van der Waals surface area contributed by atoms with Gasteiger partial charge in [-0.1, -0.05) is 26.0 Å². The molecule has 1 aromatic heterocycles. The average molecular weight is 427 g/mol. The molecule has 7 nitrogen and oxygen atoms in total. The van der Waals surface area contributed by atoms with Crippen LogP contribution in [0.25, 0.3) is 0 Å². The quantitative estimate of drug-likeness (QED) is 0.622. The van der Waals surface area contributed by atoms with Crippen molar-refractivity contribution in [3.8, 4) is 5.75 Å². The maximum absolute atomic E-state index is 13.3. The van der Waals surface area contributed by atoms with Crippen LogP contribution in [0.15, 0.2) is 42.6 Å². The lowest BCUT2D eigenvalue weighted by Crippen LogP contribution is -2.46. The van der Waals surface area contributed by atoms with Crippen molar-refractivity contribution in [1.29, 1.82) is 0 Å². The van der Waals surface area contributed by atoms with Gasteiger partial charge in [0, 0.05) is 31.5 Å². The first-order valence-corrected chi connectivity index (χ1v) is 11.1. The number of aryl methyl sites for hydroxylation is 1. The topological polar surface area (TPSA) is 66.8 Å². The highest BCUT2D eigenvalue weighted by Gasteiger charge is 2.35. The van der Waals surface area contributed by atoms with E-state index in [2.05, 4.69) is 19.2 Å². The van der Waals surface area contributed by atoms with Gasteiger partial charge in [-0.15, -0.1) is 0 Å². The molecule has 1 aliphatic rings. The van der Waals surface area contributed by atoms with E-state index in [1.165, 1.54) is 0 Å². The van der Waals surface area contributed by atoms with E-state index in [4.69, 9.17) is 4.74 Å². The summed E-state index contributed by atoms with van der Waals surface area (Å²) in [7, 11) is 1.98. The molecule has 1 heterocycles. The summed E-state index contributed by atoms with van der Waals surface area (Å²) in [5.74, 6) is 0.936. The second-order valence-corrected chi connectivity index (χ2v) is 8.50. The largest absolute Gasteiger partial charge is 0.492 e. The van der Waals surface area contributed by atoms with E-state index >= 15 is 0 Å². The smallest absolute Gasteiger partial charge is 0.322 e. The van der Waals surface area contributed by atoms with Gasteiger partial charge >= 0.3 is 6.03 Å². The van der Waals surface area contributed by atoms with E-state index in [-0.39, 0.29) is 24.5 Å². The molecular weight excluding hydrogens is 392 g/mol. The summed E-state index contributed by atoms with van der Waals surface area (Å²) in [6, 6.07) is 11.2. The van der Waals surface area contributed by atoms with Gasteiger partial charge in [0.1, 0.15) is 12.3 Å². The minimum absolute atomic E-state index is 0.0324. The van der Waals surface area contributed by atoms with Crippen molar-refractivity contribution in [2.75, 3.05) is 25.0 Å². The number of aromatic nitrogens is 1. The van der Waals surface area contributed by atoms with Gasteiger partial charge in [0.15, 0.2) is 0 Å². The average Bonchev–Trinajstić information content (AvgIpc) is 3.49. The van der Waals surface area contributed by atoms with E-state index < -0.39 is 0 Å². The maximum Gasteiger partial charge on any atom is 0.322 e. The Morgan fingerprint density at radius 3 is 2.55 bits per heavy atom. The number of ether oxygens (including phenoxy) is 1. The molecule has 168 valence electrons. The Bertz CT molecular complexity index is 888. The lowest BCUT2D eigenvalue weighted by molar-refractivity contribution is -0.133. The zero-order chi connectivity index (χ0) is 22.4. The highest BCUT2D eigenvalue weighted by atomic mass is 16.5. The number of anilines is 1. The van der Waals surface area contributed by atoms with Crippen LogP contribution >= 0.6 is 0 Å². The first-order chi connectivity index (χ1) is 14.9. The Balaban J connectivity index is 1.71. The Kier molecular flexibility index (Phi) is 7.60. The molecule has 0 unspecified atom stereocenters. The highest BCUT2D eigenvalue weighted by Crippen LogP contribution is 2.29. The van der Waals surface area contributed by atoms with Crippen molar-refractivity contribution >= 4 is 17.6 Å². The van der Waals surface area contributed by atoms with E-state index in [0.29, 0.717) is 37.1 Å². The van der Waals surface area contributed by atoms with Gasteiger partial charge in [0.2, 0.25) is 5.91 Å². The minimum atomic E-state index is -0.258. The molecule has 0 atom stereocenters. The number of hydrogen-bond donors (Lipinski definition) is 1. The van der Waals surface area contributed by atoms with Crippen molar-refractivity contribution in [3.63, 3.8) is 0 Å². The number of carbonyl (C=O) groups excluding carboxylic acids is 2. The summed E-state index contributed by atoms with van der Waals surface area (Å²) >= 11 is 0. The first kappa shape index (κ1) is 22.7. The summed E-state index contributed by atoms with van der Waals surface area (Å²) in [6.07, 6.45) is 3.83. The predicted octanol–water partition coefficient (Wildman–Crippen LogP) is 4.10. The van der Waals surface area contributed by atoms with Gasteiger partial charge in [-0.3, -0.25) is 4.79 Å². The third kappa shape index (κ3) is 6.26. The van der Waals surface area contributed by atoms with Crippen LogP contribution in [0.1, 0.15) is 39.3 Å². The van der Waals surface area contributed by atoms with Crippen molar-refractivity contribution in [2.24, 2.45) is 13.0 Å². The van der Waals surface area contributed by atoms with Crippen LogP contribution in [0.5, 0.6) is 5.75 Å². The fraction of sp³-hybridized carbons (Fsp3) is 0.500. The van der Waals surface area contributed by atoms with Crippen LogP contribution in [0, 0.1) is 5.92 Å². The van der Waals surface area contributed by atoms with E-state index in [0.717, 1.165) is 18.5 Å². The lowest BCUT2D eigenvalue weighted by atomic mass is 10.2. The zero-order valence-electron chi connectivity index (χ0n) is 19.0. The molecule has 0 spiro atoms. The second-order valence-electron chi connectivity index (χ2n) is 8.50. The molecule has 31 heavy (non-hydrogen) atoms. The number of rotatable bonds is 10. The molecule has 7 heteroatoms. The predicted molar refractivity (Wildman–Crippen MR) is 122 cm³/mol. The van der Waals surface area contributed by atoms with Gasteiger partial charge in [-0.05, 0) is 49.9 Å². The zero-order valence-corrected chi connectivity index (χ0v) is 19.0. The number of carbonyl (C=O) groups is 2. The number of benzene rings is 1. The summed E-state index contributed by atoms with van der Waals surface area (Å²) in [5, 5.41) is 2.94. The lowest BCUT2D eigenvalue weighted by Gasteiger charge is -2.29. The van der Waals surface area contributed by atoms with Gasteiger partial charge in [-0.25, -0.2) is 4.79 Å². The Morgan fingerprint density at radius 2 is 1.94 bits per heavy atom. The number of hydrogen-bond acceptors (Lipinski definition) is 3. The van der Waals surface area contributed by atoms with Gasteiger partial charge < -0.3 is 24.4 Å². The third-order valence-electron chi connectivity index (χ3n) is 5.33. The number of amides is 3. The number of nitrogens with zero attached hydrogens (tertiary/aromatic N) is 3. The third-order valence-corrected chi connectivity index (χ3v) is 5.33. The van der Waals surface area contributed by atoms with E-state index in [1.54, 1.807) is 4.90 Å². The Labute approximate surface area is 185 Å². The van der Waals surface area contributed by atoms with E-state index in [9.17, 15) is 9.59 Å². The summed E-state index contributed by atoms with van der Waals surface area (Å²) in [6.45, 7) is 7.88. The minimum Gasteiger partial charge on any atom is -0.492 e. The van der Waals surface area contributed by atoms with Crippen LogP contribution < -0.4 is 10.1 Å². The molecule has 3 rings (SSSR count). The molecule has 0 saturated heterocycles. The summed E-state index contributed by atoms with van der Waals surface area (Å²) in [4.78, 5) is 29.9. The van der Waals surface area contributed by atoms with Crippen LogP contribution in [0.4, 0.5) is 10.5 Å². The van der Waals surface area contributed by atoms with Gasteiger partial charge in [0.05, 0.1) is 18.8 Å². The van der Waals surface area contributed by atoms with Gasteiger partial charge in [-0.2, -0.15) is 0 Å². The number of urea groups is 1. The molecule has 1 N–H and O–H groups in total. The molecule has 1 aromatic carbocycles. The normalized spacial score (nSPS) is 13.2. The Hall–Kier alpha value is -2.96. The molecule has 0 aliphatic heterocycles. The molecule has 1 saturated carbocycles. The standard InChI is InChI=1S/C24H34N4O3/c1-5-31-22-11-7-6-10-21(22)25-24(30)28(19-12-13-19)17-23(29)27(15-18(2)3)16-20-9-8-14-26(20)4/h6-11,14,18-19H,5,12-13,15-17H2,1-4H3,(H,25,30). The molecule has 0 bridgehead atoms. The van der Waals surface area contributed by atoms with Crippen LogP contribution in [0.2, 0.25) is 0 Å². The van der Waals surface area contributed by atoms with Gasteiger partial charge in [0.25, 0.3) is 0 Å². The molecular formula is C24H34N4O3. The number of para-hydroxylation sites is 2. The maximum atomic E-state index is 13.3. The first-order valence-electron chi connectivity index (χ1n) is 11.1. The molecule has 2 aromatic rings. The van der Waals surface area contributed by atoms with E-state index in [1.807, 2.05) is 66.0 Å². The molecule has 1 aliphatic carbocycles. The molecule has 3 amide bonds. The van der Waals surface area contributed by atoms with Crippen LogP contribution in [-0.4, -0.2) is 52.0 Å². The second kappa shape index (κ2) is 10.4. The van der Waals surface area contributed by atoms with Crippen molar-refractivity contribution in [2.45, 2.75) is 46.2 Å². The fourth-order valence-corrected chi connectivity index (χ4v) is 3.59. The van der Waals surface area contributed by atoms with Crippen molar-refractivity contribution in [1.82, 2.24) is 14.4 Å². The monoisotopic (exact) mass is 426 g/mol. The van der Waals surface area contributed by atoms with Crippen molar-refractivity contribution < 1.29 is 14.3 Å². The van der Waals surface area contributed by atoms with Crippen LogP contribution in [-0.2, 0) is 18.4 Å². The Morgan fingerprint density at radius 1 is 1.19 bits per heavy atom. The van der Waals surface area contributed by atoms with Crippen molar-refractivity contribution in [3.05, 3.63) is 48.3 Å². The molecule has 1 fully saturated rings. The highest BCUT2D eigenvalue weighted by molar-refractivity contribution is 5.94. The summed E-state index contributed by atoms with van der Waals surface area (Å²) in [5.41, 5.74) is 1.69.